The summed E-state index contributed by atoms with van der Waals surface area (Å²) >= 11 is 3.37. The van der Waals surface area contributed by atoms with Crippen LogP contribution in [0.3, 0.4) is 0 Å². The van der Waals surface area contributed by atoms with E-state index in [9.17, 15) is 15.0 Å². The van der Waals surface area contributed by atoms with Crippen molar-refractivity contribution in [3.8, 4) is 11.5 Å². The highest BCUT2D eigenvalue weighted by molar-refractivity contribution is 9.10. The van der Waals surface area contributed by atoms with E-state index >= 15 is 0 Å². The number of halogens is 1. The quantitative estimate of drug-likeness (QED) is 0.645. The SMILES string of the molecule is NC(=O)C(Nc1ccccc1Br)c1ccc(O)c(O)c1. The van der Waals surface area contributed by atoms with Crippen molar-refractivity contribution in [2.75, 3.05) is 5.32 Å². The number of nitrogens with two attached hydrogens (primary N) is 1. The monoisotopic (exact) mass is 336 g/mol. The molecule has 0 spiro atoms. The molecule has 2 aromatic carbocycles. The third-order valence-electron chi connectivity index (χ3n) is 2.79. The van der Waals surface area contributed by atoms with E-state index in [4.69, 9.17) is 5.73 Å². The molecule has 0 aromatic heterocycles. The summed E-state index contributed by atoms with van der Waals surface area (Å²) in [6.07, 6.45) is 0. The van der Waals surface area contributed by atoms with Crippen LogP contribution in [-0.4, -0.2) is 16.1 Å². The van der Waals surface area contributed by atoms with Crippen molar-refractivity contribution >= 4 is 27.5 Å². The van der Waals surface area contributed by atoms with E-state index < -0.39 is 11.9 Å². The molecular formula is C14H13BrN2O3. The Kier molecular flexibility index (Phi) is 4.14. The number of phenolic OH excluding ortho intramolecular Hbond substituents is 2. The van der Waals surface area contributed by atoms with Gasteiger partial charge in [-0.15, -0.1) is 0 Å². The number of hydrogen-bond donors (Lipinski definition) is 4. The fourth-order valence-electron chi connectivity index (χ4n) is 1.77. The summed E-state index contributed by atoms with van der Waals surface area (Å²) < 4.78 is 0.786. The van der Waals surface area contributed by atoms with Gasteiger partial charge in [-0.2, -0.15) is 0 Å². The van der Waals surface area contributed by atoms with Crippen LogP contribution >= 0.6 is 15.9 Å². The molecule has 5 N–H and O–H groups in total. The molecule has 20 heavy (non-hydrogen) atoms. The van der Waals surface area contributed by atoms with Crippen molar-refractivity contribution in [1.82, 2.24) is 0 Å². The molecule has 1 amide bonds. The number of anilines is 1. The second-order valence-corrected chi connectivity index (χ2v) is 5.06. The summed E-state index contributed by atoms with van der Waals surface area (Å²) in [6.45, 7) is 0. The van der Waals surface area contributed by atoms with E-state index in [0.717, 1.165) is 4.47 Å². The average molecular weight is 337 g/mol. The molecule has 0 aliphatic rings. The average Bonchev–Trinajstić information content (AvgIpc) is 2.41. The predicted octanol–water partition coefficient (Wildman–Crippen LogP) is 2.50. The van der Waals surface area contributed by atoms with Crippen LogP contribution in [0.2, 0.25) is 0 Å². The predicted molar refractivity (Wildman–Crippen MR) is 79.5 cm³/mol. The maximum Gasteiger partial charge on any atom is 0.244 e. The largest absolute Gasteiger partial charge is 0.504 e. The molecule has 1 atom stereocenters. The van der Waals surface area contributed by atoms with Gasteiger partial charge in [0, 0.05) is 10.2 Å². The Morgan fingerprint density at radius 3 is 2.45 bits per heavy atom. The molecule has 0 aliphatic heterocycles. The first-order valence-electron chi connectivity index (χ1n) is 5.81. The minimum Gasteiger partial charge on any atom is -0.504 e. The lowest BCUT2D eigenvalue weighted by Gasteiger charge is -2.18. The van der Waals surface area contributed by atoms with Crippen molar-refractivity contribution < 1.29 is 15.0 Å². The molecule has 2 aromatic rings. The highest BCUT2D eigenvalue weighted by Gasteiger charge is 2.19. The van der Waals surface area contributed by atoms with Gasteiger partial charge in [0.1, 0.15) is 6.04 Å². The zero-order valence-corrected chi connectivity index (χ0v) is 12.0. The van der Waals surface area contributed by atoms with Crippen LogP contribution in [0.15, 0.2) is 46.9 Å². The van der Waals surface area contributed by atoms with E-state index in [0.29, 0.717) is 11.3 Å². The molecule has 0 fully saturated rings. The van der Waals surface area contributed by atoms with Gasteiger partial charge < -0.3 is 21.3 Å². The first kappa shape index (κ1) is 14.2. The van der Waals surface area contributed by atoms with Crippen molar-refractivity contribution in [2.45, 2.75) is 6.04 Å². The normalized spacial score (nSPS) is 11.8. The lowest BCUT2D eigenvalue weighted by molar-refractivity contribution is -0.118. The van der Waals surface area contributed by atoms with Crippen LogP contribution in [0.25, 0.3) is 0 Å². The molecule has 2 rings (SSSR count). The number of hydrogen-bond acceptors (Lipinski definition) is 4. The van der Waals surface area contributed by atoms with Crippen molar-refractivity contribution in [3.05, 3.63) is 52.5 Å². The molecule has 0 aliphatic carbocycles. The Bertz CT molecular complexity index is 646. The van der Waals surface area contributed by atoms with Crippen LogP contribution in [-0.2, 0) is 4.79 Å². The fourth-order valence-corrected chi connectivity index (χ4v) is 2.17. The lowest BCUT2D eigenvalue weighted by Crippen LogP contribution is -2.27. The highest BCUT2D eigenvalue weighted by Crippen LogP contribution is 2.31. The summed E-state index contributed by atoms with van der Waals surface area (Å²) in [5, 5.41) is 21.8. The molecule has 0 heterocycles. The number of aromatic hydroxyl groups is 2. The number of phenols is 2. The van der Waals surface area contributed by atoms with Gasteiger partial charge in [-0.3, -0.25) is 4.79 Å². The Morgan fingerprint density at radius 2 is 1.85 bits per heavy atom. The number of carbonyl (C=O) groups excluding carboxylic acids is 1. The van der Waals surface area contributed by atoms with E-state index in [1.807, 2.05) is 18.2 Å². The second-order valence-electron chi connectivity index (χ2n) is 4.21. The number of primary amides is 1. The molecule has 5 nitrogen and oxygen atoms in total. The van der Waals surface area contributed by atoms with Gasteiger partial charge in [0.05, 0.1) is 0 Å². The van der Waals surface area contributed by atoms with Crippen LogP contribution in [0.5, 0.6) is 11.5 Å². The zero-order chi connectivity index (χ0) is 14.7. The van der Waals surface area contributed by atoms with Crippen molar-refractivity contribution in [2.24, 2.45) is 5.73 Å². The topological polar surface area (TPSA) is 95.6 Å². The number of carbonyl (C=O) groups is 1. The molecular weight excluding hydrogens is 324 g/mol. The summed E-state index contributed by atoms with van der Waals surface area (Å²) in [5.74, 6) is -1.15. The Labute approximate surface area is 124 Å². The van der Waals surface area contributed by atoms with Crippen LogP contribution in [0, 0.1) is 0 Å². The number of para-hydroxylation sites is 1. The minimum atomic E-state index is -0.819. The maximum atomic E-state index is 11.6. The van der Waals surface area contributed by atoms with E-state index in [-0.39, 0.29) is 11.5 Å². The third-order valence-corrected chi connectivity index (χ3v) is 3.48. The molecule has 0 bridgehead atoms. The summed E-state index contributed by atoms with van der Waals surface area (Å²) in [4.78, 5) is 11.6. The molecule has 6 heteroatoms. The summed E-state index contributed by atoms with van der Waals surface area (Å²) in [6, 6.07) is 10.6. The Morgan fingerprint density at radius 1 is 1.15 bits per heavy atom. The maximum absolute atomic E-state index is 11.6. The first-order valence-corrected chi connectivity index (χ1v) is 6.60. The van der Waals surface area contributed by atoms with Gasteiger partial charge in [0.25, 0.3) is 0 Å². The zero-order valence-electron chi connectivity index (χ0n) is 10.4. The van der Waals surface area contributed by atoms with Crippen LogP contribution < -0.4 is 11.1 Å². The fraction of sp³-hybridized carbons (Fsp3) is 0.0714. The minimum absolute atomic E-state index is 0.252. The van der Waals surface area contributed by atoms with E-state index in [2.05, 4.69) is 21.2 Å². The van der Waals surface area contributed by atoms with E-state index in [1.165, 1.54) is 18.2 Å². The standard InChI is InChI=1S/C14H13BrN2O3/c15-9-3-1-2-4-10(9)17-13(14(16)20)8-5-6-11(18)12(19)7-8/h1-7,13,17-19H,(H2,16,20). The Balaban J connectivity index is 2.34. The van der Waals surface area contributed by atoms with Crippen LogP contribution in [0.4, 0.5) is 5.69 Å². The van der Waals surface area contributed by atoms with Crippen molar-refractivity contribution in [3.63, 3.8) is 0 Å². The summed E-state index contributed by atoms with van der Waals surface area (Å²) in [5.41, 5.74) is 6.55. The number of amides is 1. The molecule has 0 saturated carbocycles. The third kappa shape index (κ3) is 3.03. The number of nitrogens with one attached hydrogen (secondary N) is 1. The number of benzene rings is 2. The molecule has 104 valence electrons. The van der Waals surface area contributed by atoms with Gasteiger partial charge in [-0.1, -0.05) is 18.2 Å². The van der Waals surface area contributed by atoms with Gasteiger partial charge in [-0.25, -0.2) is 0 Å². The van der Waals surface area contributed by atoms with Gasteiger partial charge in [0.15, 0.2) is 11.5 Å². The summed E-state index contributed by atoms with van der Waals surface area (Å²) in [7, 11) is 0. The van der Waals surface area contributed by atoms with Gasteiger partial charge in [0.2, 0.25) is 5.91 Å². The lowest BCUT2D eigenvalue weighted by atomic mass is 10.1. The second kappa shape index (κ2) is 5.83. The molecule has 0 saturated heterocycles. The molecule has 1 unspecified atom stereocenters. The number of rotatable bonds is 4. The highest BCUT2D eigenvalue weighted by atomic mass is 79.9. The van der Waals surface area contributed by atoms with E-state index in [1.54, 1.807) is 6.07 Å². The smallest absolute Gasteiger partial charge is 0.244 e. The Hall–Kier alpha value is -2.21. The first-order chi connectivity index (χ1) is 9.49. The van der Waals surface area contributed by atoms with Crippen LogP contribution in [0.1, 0.15) is 11.6 Å². The van der Waals surface area contributed by atoms with Gasteiger partial charge in [-0.05, 0) is 45.8 Å². The van der Waals surface area contributed by atoms with Gasteiger partial charge >= 0.3 is 0 Å². The van der Waals surface area contributed by atoms with Crippen molar-refractivity contribution in [1.29, 1.82) is 0 Å². The molecule has 0 radical (unpaired) electrons.